The lowest BCUT2D eigenvalue weighted by Crippen LogP contribution is -2.12. The molecule has 0 bridgehead atoms. The number of hydrogen-bond acceptors (Lipinski definition) is 4. The average molecular weight is 644 g/mol. The third-order valence-corrected chi connectivity index (χ3v) is 9.69. The first-order valence-electron chi connectivity index (χ1n) is 20.8. The van der Waals surface area contributed by atoms with Crippen LogP contribution < -0.4 is 16.0 Å². The van der Waals surface area contributed by atoms with Gasteiger partial charge in [0.2, 0.25) is 0 Å². The quantitative estimate of drug-likeness (QED) is 0.0334. The van der Waals surface area contributed by atoms with E-state index in [2.05, 4.69) is 42.8 Å². The molecule has 1 aromatic rings. The molecule has 0 unspecified atom stereocenters. The maximum atomic E-state index is 10.9. The van der Waals surface area contributed by atoms with Gasteiger partial charge in [-0.2, -0.15) is 0 Å². The normalized spacial score (nSPS) is 11.3. The predicted octanol–water partition coefficient (Wildman–Crippen LogP) is 14.4. The maximum Gasteiger partial charge on any atom is 0.140 e. The summed E-state index contributed by atoms with van der Waals surface area (Å²) < 4.78 is 0. The SMILES string of the molecule is CCCCCCCCCCCCNc1ccc(O)c(NCCCCCCCCCCCC)c1NCCCCCCCCCCCC. The second-order valence-electron chi connectivity index (χ2n) is 14.2. The Hall–Kier alpha value is -1.58. The first kappa shape index (κ1) is 42.4. The maximum absolute atomic E-state index is 10.9. The lowest BCUT2D eigenvalue weighted by atomic mass is 10.1. The van der Waals surface area contributed by atoms with Crippen molar-refractivity contribution in [2.45, 2.75) is 213 Å². The number of phenols is 1. The van der Waals surface area contributed by atoms with Crippen LogP contribution in [0.2, 0.25) is 0 Å². The molecule has 0 atom stereocenters. The minimum absolute atomic E-state index is 0.363. The minimum Gasteiger partial charge on any atom is -0.506 e. The summed E-state index contributed by atoms with van der Waals surface area (Å²) in [6, 6.07) is 3.94. The van der Waals surface area contributed by atoms with Gasteiger partial charge in [0.15, 0.2) is 0 Å². The summed E-state index contributed by atoms with van der Waals surface area (Å²) in [4.78, 5) is 0. The Labute approximate surface area is 288 Å². The number of hydrogen-bond donors (Lipinski definition) is 4. The third-order valence-electron chi connectivity index (χ3n) is 9.69. The van der Waals surface area contributed by atoms with Gasteiger partial charge in [-0.15, -0.1) is 0 Å². The Bertz CT molecular complexity index is 768. The Morgan fingerprint density at radius 3 is 0.978 bits per heavy atom. The fraction of sp³-hybridized carbons (Fsp3) is 0.857. The molecule has 4 nitrogen and oxygen atoms in total. The van der Waals surface area contributed by atoms with Gasteiger partial charge >= 0.3 is 0 Å². The van der Waals surface area contributed by atoms with E-state index in [0.29, 0.717) is 5.75 Å². The summed E-state index contributed by atoms with van der Waals surface area (Å²) in [5, 5.41) is 22.0. The molecule has 0 aromatic heterocycles. The molecular weight excluding hydrogens is 562 g/mol. The van der Waals surface area contributed by atoms with Crippen LogP contribution in [0.4, 0.5) is 17.1 Å². The Morgan fingerprint density at radius 1 is 0.348 bits per heavy atom. The van der Waals surface area contributed by atoms with Crippen LogP contribution in [-0.2, 0) is 0 Å². The molecule has 0 saturated heterocycles. The molecule has 0 saturated carbocycles. The van der Waals surface area contributed by atoms with Crippen LogP contribution in [0.3, 0.4) is 0 Å². The molecule has 0 radical (unpaired) electrons. The van der Waals surface area contributed by atoms with Crippen molar-refractivity contribution in [3.8, 4) is 5.75 Å². The van der Waals surface area contributed by atoms with Crippen molar-refractivity contribution in [2.24, 2.45) is 0 Å². The molecular formula is C42H81N3O. The molecule has 270 valence electrons. The summed E-state index contributed by atoms with van der Waals surface area (Å²) in [5.74, 6) is 0.363. The summed E-state index contributed by atoms with van der Waals surface area (Å²) in [6.07, 6.45) is 40.6. The van der Waals surface area contributed by atoms with Crippen molar-refractivity contribution >= 4 is 17.1 Å². The summed E-state index contributed by atoms with van der Waals surface area (Å²) in [5.41, 5.74) is 3.08. The van der Waals surface area contributed by atoms with E-state index in [-0.39, 0.29) is 0 Å². The molecule has 0 aliphatic heterocycles. The van der Waals surface area contributed by atoms with Crippen molar-refractivity contribution in [1.82, 2.24) is 0 Å². The zero-order valence-electron chi connectivity index (χ0n) is 31.4. The summed E-state index contributed by atoms with van der Waals surface area (Å²) >= 11 is 0. The second kappa shape index (κ2) is 33.3. The highest BCUT2D eigenvalue weighted by atomic mass is 16.3. The number of phenolic OH excluding ortho intramolecular Hbond substituents is 1. The largest absolute Gasteiger partial charge is 0.506 e. The fourth-order valence-electron chi connectivity index (χ4n) is 6.59. The highest BCUT2D eigenvalue weighted by molar-refractivity contribution is 5.86. The number of anilines is 3. The lowest BCUT2D eigenvalue weighted by molar-refractivity contribution is 0.477. The zero-order valence-corrected chi connectivity index (χ0v) is 31.4. The van der Waals surface area contributed by atoms with Crippen molar-refractivity contribution < 1.29 is 5.11 Å². The van der Waals surface area contributed by atoms with Crippen LogP contribution in [0.5, 0.6) is 5.75 Å². The first-order valence-corrected chi connectivity index (χ1v) is 20.8. The molecule has 1 aromatic carbocycles. The molecule has 0 fully saturated rings. The predicted molar refractivity (Wildman–Crippen MR) is 209 cm³/mol. The van der Waals surface area contributed by atoms with Gasteiger partial charge in [0.1, 0.15) is 11.4 Å². The number of aromatic hydroxyl groups is 1. The topological polar surface area (TPSA) is 56.3 Å². The van der Waals surface area contributed by atoms with Crippen LogP contribution in [0, 0.1) is 0 Å². The lowest BCUT2D eigenvalue weighted by Gasteiger charge is -2.20. The van der Waals surface area contributed by atoms with Gasteiger partial charge in [-0.3, -0.25) is 0 Å². The van der Waals surface area contributed by atoms with Gasteiger partial charge in [-0.05, 0) is 31.4 Å². The summed E-state index contributed by atoms with van der Waals surface area (Å²) in [6.45, 7) is 9.74. The standard InChI is InChI=1S/C42H81N3O/c1-4-7-10-13-16-19-22-25-28-31-36-43-39-34-35-40(46)42(45-38-33-30-27-24-21-18-15-12-9-6-3)41(39)44-37-32-29-26-23-20-17-14-11-8-5-2/h34-35,43-46H,4-33,36-38H2,1-3H3. The molecule has 0 aliphatic carbocycles. The molecule has 4 heteroatoms. The van der Waals surface area contributed by atoms with Gasteiger partial charge in [-0.1, -0.05) is 194 Å². The Morgan fingerprint density at radius 2 is 0.630 bits per heavy atom. The van der Waals surface area contributed by atoms with Crippen LogP contribution in [-0.4, -0.2) is 24.7 Å². The van der Waals surface area contributed by atoms with E-state index in [1.165, 1.54) is 186 Å². The Kier molecular flexibility index (Phi) is 30.7. The van der Waals surface area contributed by atoms with Crippen molar-refractivity contribution in [3.63, 3.8) is 0 Å². The number of benzene rings is 1. The minimum atomic E-state index is 0.363. The van der Waals surface area contributed by atoms with E-state index in [1.807, 2.05) is 6.07 Å². The smallest absolute Gasteiger partial charge is 0.140 e. The van der Waals surface area contributed by atoms with Crippen LogP contribution >= 0.6 is 0 Å². The van der Waals surface area contributed by atoms with Gasteiger partial charge in [0.05, 0.1) is 11.4 Å². The molecule has 0 amide bonds. The number of rotatable bonds is 36. The van der Waals surface area contributed by atoms with Crippen molar-refractivity contribution in [3.05, 3.63) is 12.1 Å². The second-order valence-corrected chi connectivity index (χ2v) is 14.2. The molecule has 4 N–H and O–H groups in total. The van der Waals surface area contributed by atoms with Crippen LogP contribution in [0.1, 0.15) is 213 Å². The van der Waals surface area contributed by atoms with Gasteiger partial charge in [-0.25, -0.2) is 0 Å². The highest BCUT2D eigenvalue weighted by Crippen LogP contribution is 2.38. The van der Waals surface area contributed by atoms with E-state index in [0.717, 1.165) is 43.1 Å². The van der Waals surface area contributed by atoms with Gasteiger partial charge in [0.25, 0.3) is 0 Å². The van der Waals surface area contributed by atoms with Crippen molar-refractivity contribution in [1.29, 1.82) is 0 Å². The molecule has 0 aliphatic rings. The first-order chi connectivity index (χ1) is 22.7. The van der Waals surface area contributed by atoms with Crippen LogP contribution in [0.25, 0.3) is 0 Å². The monoisotopic (exact) mass is 644 g/mol. The fourth-order valence-corrected chi connectivity index (χ4v) is 6.59. The molecule has 1 rings (SSSR count). The highest BCUT2D eigenvalue weighted by Gasteiger charge is 2.13. The number of nitrogens with one attached hydrogen (secondary N) is 3. The van der Waals surface area contributed by atoms with Crippen molar-refractivity contribution in [2.75, 3.05) is 35.6 Å². The van der Waals surface area contributed by atoms with E-state index in [9.17, 15) is 5.11 Å². The molecule has 0 heterocycles. The average Bonchev–Trinajstić information content (AvgIpc) is 3.06. The van der Waals surface area contributed by atoms with Gasteiger partial charge < -0.3 is 21.1 Å². The molecule has 0 spiro atoms. The Balaban J connectivity index is 2.47. The molecule has 46 heavy (non-hydrogen) atoms. The van der Waals surface area contributed by atoms with Crippen LogP contribution in [0.15, 0.2) is 12.1 Å². The van der Waals surface area contributed by atoms with E-state index < -0.39 is 0 Å². The number of unbranched alkanes of at least 4 members (excludes halogenated alkanes) is 27. The third kappa shape index (κ3) is 24.6. The van der Waals surface area contributed by atoms with E-state index in [1.54, 1.807) is 0 Å². The van der Waals surface area contributed by atoms with E-state index >= 15 is 0 Å². The summed E-state index contributed by atoms with van der Waals surface area (Å²) in [7, 11) is 0. The van der Waals surface area contributed by atoms with E-state index in [4.69, 9.17) is 0 Å². The van der Waals surface area contributed by atoms with Gasteiger partial charge in [0, 0.05) is 19.6 Å². The zero-order chi connectivity index (χ0) is 33.2.